The molecule has 0 atom stereocenters. The van der Waals surface area contributed by atoms with Crippen molar-refractivity contribution in [3.05, 3.63) is 37.7 Å². The van der Waals surface area contributed by atoms with Crippen LogP contribution in [-0.2, 0) is 0 Å². The maximum atomic E-state index is 4.13. The Morgan fingerprint density at radius 3 is 2.58 bits per heavy atom. The Morgan fingerprint density at radius 2 is 2.17 bits per heavy atom. The fourth-order valence-corrected chi connectivity index (χ4v) is 0.883. The summed E-state index contributed by atoms with van der Waals surface area (Å²) in [5, 5.41) is 7.01. The minimum atomic E-state index is 0.736. The van der Waals surface area contributed by atoms with Crippen LogP contribution in [0.3, 0.4) is 0 Å². The zero-order valence-electron chi connectivity index (χ0n) is 6.83. The van der Waals surface area contributed by atoms with E-state index in [4.69, 9.17) is 0 Å². The molecule has 1 N–H and O–H groups in total. The van der Waals surface area contributed by atoms with Crippen LogP contribution in [-0.4, -0.2) is 9.78 Å². The maximum Gasteiger partial charge on any atom is 0.152 e. The van der Waals surface area contributed by atoms with Gasteiger partial charge >= 0.3 is 0 Å². The molecular formula is C9H11N3. The maximum absolute atomic E-state index is 4.13. The average molecular weight is 161 g/mol. The lowest BCUT2D eigenvalue weighted by Crippen LogP contribution is -1.92. The van der Waals surface area contributed by atoms with Gasteiger partial charge in [0.2, 0.25) is 0 Å². The SMILES string of the molecule is C=CNc1cc(C=C)n(C=C)n1. The summed E-state index contributed by atoms with van der Waals surface area (Å²) in [6.07, 6.45) is 4.90. The Bertz CT molecular complexity index is 284. The Hall–Kier alpha value is -1.77. The predicted molar refractivity (Wildman–Crippen MR) is 52.5 cm³/mol. The largest absolute Gasteiger partial charge is 0.346 e. The van der Waals surface area contributed by atoms with Gasteiger partial charge in [0, 0.05) is 12.3 Å². The molecule has 0 amide bonds. The van der Waals surface area contributed by atoms with Gasteiger partial charge in [-0.2, -0.15) is 5.10 Å². The van der Waals surface area contributed by atoms with Gasteiger partial charge in [0.25, 0.3) is 0 Å². The summed E-state index contributed by atoms with van der Waals surface area (Å²) < 4.78 is 1.64. The van der Waals surface area contributed by atoms with Crippen LogP contribution in [0.1, 0.15) is 5.69 Å². The van der Waals surface area contributed by atoms with Crippen LogP contribution in [0.25, 0.3) is 12.3 Å². The van der Waals surface area contributed by atoms with E-state index in [-0.39, 0.29) is 0 Å². The van der Waals surface area contributed by atoms with E-state index in [0.29, 0.717) is 0 Å². The number of nitrogens with one attached hydrogen (secondary N) is 1. The van der Waals surface area contributed by atoms with Gasteiger partial charge in [-0.05, 0) is 12.3 Å². The van der Waals surface area contributed by atoms with Crippen LogP contribution in [0.15, 0.2) is 32.0 Å². The summed E-state index contributed by atoms with van der Waals surface area (Å²) >= 11 is 0. The molecule has 0 spiro atoms. The second kappa shape index (κ2) is 3.57. The van der Waals surface area contributed by atoms with Crippen molar-refractivity contribution in [1.29, 1.82) is 0 Å². The van der Waals surface area contributed by atoms with Crippen molar-refractivity contribution in [2.45, 2.75) is 0 Å². The van der Waals surface area contributed by atoms with Gasteiger partial charge in [0.15, 0.2) is 5.82 Å². The summed E-state index contributed by atoms with van der Waals surface area (Å²) in [5.41, 5.74) is 0.898. The molecule has 1 heterocycles. The highest BCUT2D eigenvalue weighted by Crippen LogP contribution is 2.10. The third kappa shape index (κ3) is 1.45. The molecule has 0 aromatic carbocycles. The van der Waals surface area contributed by atoms with E-state index in [9.17, 15) is 0 Å². The van der Waals surface area contributed by atoms with Gasteiger partial charge in [-0.1, -0.05) is 19.7 Å². The van der Waals surface area contributed by atoms with Crippen molar-refractivity contribution >= 4 is 18.1 Å². The molecule has 3 nitrogen and oxygen atoms in total. The molecule has 0 unspecified atom stereocenters. The molecule has 0 radical (unpaired) electrons. The topological polar surface area (TPSA) is 29.9 Å². The van der Waals surface area contributed by atoms with E-state index in [0.717, 1.165) is 11.5 Å². The number of hydrogen-bond donors (Lipinski definition) is 1. The van der Waals surface area contributed by atoms with Crippen LogP contribution in [0.5, 0.6) is 0 Å². The molecule has 0 bridgehead atoms. The van der Waals surface area contributed by atoms with Crippen molar-refractivity contribution in [2.75, 3.05) is 5.32 Å². The number of hydrogen-bond acceptors (Lipinski definition) is 2. The number of anilines is 1. The molecule has 1 aromatic heterocycles. The molecule has 3 heteroatoms. The molecule has 0 aliphatic carbocycles. The van der Waals surface area contributed by atoms with E-state index in [2.05, 4.69) is 30.2 Å². The Balaban J connectivity index is 3.03. The van der Waals surface area contributed by atoms with Crippen LogP contribution in [0.2, 0.25) is 0 Å². The minimum absolute atomic E-state index is 0.736. The fourth-order valence-electron chi connectivity index (χ4n) is 0.883. The fraction of sp³-hybridized carbons (Fsp3) is 0. The summed E-state index contributed by atoms with van der Waals surface area (Å²) in [5.74, 6) is 0.736. The highest BCUT2D eigenvalue weighted by Gasteiger charge is 1.99. The molecule has 0 aliphatic rings. The highest BCUT2D eigenvalue weighted by molar-refractivity contribution is 5.53. The summed E-state index contributed by atoms with van der Waals surface area (Å²) in [4.78, 5) is 0. The molecular weight excluding hydrogens is 150 g/mol. The third-order valence-electron chi connectivity index (χ3n) is 1.40. The van der Waals surface area contributed by atoms with Gasteiger partial charge in [-0.25, -0.2) is 4.68 Å². The molecule has 0 aliphatic heterocycles. The molecule has 0 saturated carbocycles. The first-order valence-electron chi connectivity index (χ1n) is 3.53. The zero-order chi connectivity index (χ0) is 8.97. The highest BCUT2D eigenvalue weighted by atomic mass is 15.3. The van der Waals surface area contributed by atoms with Crippen molar-refractivity contribution in [3.63, 3.8) is 0 Å². The van der Waals surface area contributed by atoms with Crippen LogP contribution in [0, 0.1) is 0 Å². The van der Waals surface area contributed by atoms with E-state index in [1.54, 1.807) is 23.2 Å². The lowest BCUT2D eigenvalue weighted by atomic mass is 10.4. The van der Waals surface area contributed by atoms with E-state index in [1.165, 1.54) is 0 Å². The van der Waals surface area contributed by atoms with Gasteiger partial charge in [-0.3, -0.25) is 0 Å². The molecule has 0 fully saturated rings. The Labute approximate surface area is 71.7 Å². The average Bonchev–Trinajstić information content (AvgIpc) is 2.48. The monoisotopic (exact) mass is 161 g/mol. The lowest BCUT2D eigenvalue weighted by molar-refractivity contribution is 0.930. The van der Waals surface area contributed by atoms with E-state index >= 15 is 0 Å². The quantitative estimate of drug-likeness (QED) is 0.733. The summed E-state index contributed by atoms with van der Waals surface area (Å²) in [7, 11) is 0. The standard InChI is InChI=1S/C9H11N3/c1-4-8-7-9(10-5-2)11-12(8)6-3/h4-7H,1-3H2,(H,10,11). The number of rotatable bonds is 4. The van der Waals surface area contributed by atoms with Crippen molar-refractivity contribution < 1.29 is 0 Å². The normalized spacial score (nSPS) is 9.00. The van der Waals surface area contributed by atoms with Gasteiger partial charge < -0.3 is 5.32 Å². The molecule has 12 heavy (non-hydrogen) atoms. The number of nitrogens with zero attached hydrogens (tertiary/aromatic N) is 2. The van der Waals surface area contributed by atoms with Crippen molar-refractivity contribution in [2.24, 2.45) is 0 Å². The molecule has 62 valence electrons. The van der Waals surface area contributed by atoms with Gasteiger partial charge in [0.1, 0.15) is 0 Å². The van der Waals surface area contributed by atoms with E-state index < -0.39 is 0 Å². The van der Waals surface area contributed by atoms with Crippen LogP contribution < -0.4 is 5.32 Å². The second-order valence-electron chi connectivity index (χ2n) is 2.13. The van der Waals surface area contributed by atoms with Crippen molar-refractivity contribution in [3.8, 4) is 0 Å². The lowest BCUT2D eigenvalue weighted by Gasteiger charge is -1.92. The first-order chi connectivity index (χ1) is 5.81. The van der Waals surface area contributed by atoms with Gasteiger partial charge in [-0.15, -0.1) is 0 Å². The minimum Gasteiger partial charge on any atom is -0.346 e. The van der Waals surface area contributed by atoms with Crippen molar-refractivity contribution in [1.82, 2.24) is 9.78 Å². The predicted octanol–water partition coefficient (Wildman–Crippen LogP) is 2.18. The first kappa shape index (κ1) is 8.33. The smallest absolute Gasteiger partial charge is 0.152 e. The molecule has 1 aromatic rings. The summed E-state index contributed by atoms with van der Waals surface area (Å²) in [6, 6.07) is 1.86. The molecule has 1 rings (SSSR count). The van der Waals surface area contributed by atoms with Crippen LogP contribution >= 0.6 is 0 Å². The van der Waals surface area contributed by atoms with Gasteiger partial charge in [0.05, 0.1) is 5.69 Å². The zero-order valence-corrected chi connectivity index (χ0v) is 6.83. The molecule has 0 saturated heterocycles. The number of aromatic nitrogens is 2. The summed E-state index contributed by atoms with van der Waals surface area (Å²) in [6.45, 7) is 10.8. The Morgan fingerprint density at radius 1 is 1.42 bits per heavy atom. The van der Waals surface area contributed by atoms with Crippen LogP contribution in [0.4, 0.5) is 5.82 Å². The van der Waals surface area contributed by atoms with E-state index in [1.807, 2.05) is 6.07 Å². The first-order valence-corrected chi connectivity index (χ1v) is 3.53. The Kier molecular flexibility index (Phi) is 2.48. The third-order valence-corrected chi connectivity index (χ3v) is 1.40. The second-order valence-corrected chi connectivity index (χ2v) is 2.13.